The van der Waals surface area contributed by atoms with Gasteiger partial charge in [0.05, 0.1) is 6.26 Å². The molecule has 0 radical (unpaired) electrons. The van der Waals surface area contributed by atoms with Gasteiger partial charge in [0.25, 0.3) is 0 Å². The number of nitrogens with two attached hydrogens (primary N) is 1. The van der Waals surface area contributed by atoms with Gasteiger partial charge >= 0.3 is 0 Å². The van der Waals surface area contributed by atoms with E-state index in [0.717, 1.165) is 0 Å². The minimum absolute atomic E-state index is 0.391. The van der Waals surface area contributed by atoms with Crippen molar-refractivity contribution in [3.05, 3.63) is 12.8 Å². The smallest absolute Gasteiger partial charge is 0.213 e. The number of ether oxygens (including phenoxy) is 1. The summed E-state index contributed by atoms with van der Waals surface area (Å²) in [6, 6.07) is 0. The maximum atomic E-state index is 4.69. The molecule has 0 rings (SSSR count). The molecule has 0 fully saturated rings. The van der Waals surface area contributed by atoms with Crippen LogP contribution in [0.2, 0.25) is 0 Å². The summed E-state index contributed by atoms with van der Waals surface area (Å²) < 4.78 is 4.61. The lowest BCUT2D eigenvalue weighted by Crippen LogP contribution is -2.13. The van der Waals surface area contributed by atoms with Crippen molar-refractivity contribution in [2.45, 2.75) is 13.2 Å². The van der Waals surface area contributed by atoms with Gasteiger partial charge in [-0.3, -0.25) is 4.84 Å². The van der Waals surface area contributed by atoms with Gasteiger partial charge in [-0.2, -0.15) is 0 Å². The highest BCUT2D eigenvalue weighted by molar-refractivity contribution is 4.48. The van der Waals surface area contributed by atoms with Crippen LogP contribution >= 0.6 is 0 Å². The molecule has 3 nitrogen and oxygen atoms in total. The Balaban J connectivity index is 2.98. The third-order valence-corrected chi connectivity index (χ3v) is 0.480. The predicted molar refractivity (Wildman–Crippen MR) is 26.0 cm³/mol. The number of rotatable bonds is 3. The molecule has 0 aliphatic rings. The highest BCUT2D eigenvalue weighted by Gasteiger charge is 1.91. The Kier molecular flexibility index (Phi) is 3.36. The van der Waals surface area contributed by atoms with Crippen LogP contribution in [0.15, 0.2) is 12.8 Å². The van der Waals surface area contributed by atoms with E-state index in [1.165, 1.54) is 6.26 Å². The first-order valence-electron chi connectivity index (χ1n) is 1.93. The topological polar surface area (TPSA) is 44.5 Å². The predicted octanol–water partition coefficient (Wildman–Crippen LogP) is 0.383. The Labute approximate surface area is 42.7 Å². The van der Waals surface area contributed by atoms with Crippen LogP contribution in [0, 0.1) is 0 Å². The zero-order valence-corrected chi connectivity index (χ0v) is 4.26. The summed E-state index contributed by atoms with van der Waals surface area (Å²) in [4.78, 5) is 4.20. The van der Waals surface area contributed by atoms with E-state index in [-0.39, 0.29) is 0 Å². The molecule has 1 unspecified atom stereocenters. The van der Waals surface area contributed by atoms with Gasteiger partial charge in [-0.25, -0.2) is 5.90 Å². The molecule has 0 amide bonds. The van der Waals surface area contributed by atoms with Crippen molar-refractivity contribution < 1.29 is 9.57 Å². The van der Waals surface area contributed by atoms with E-state index in [0.29, 0.717) is 0 Å². The second kappa shape index (κ2) is 3.64. The molecule has 3 heteroatoms. The summed E-state index contributed by atoms with van der Waals surface area (Å²) in [6.45, 7) is 4.96. The third kappa shape index (κ3) is 3.29. The SMILES string of the molecule is C=COC(C)ON. The largest absolute Gasteiger partial charge is 0.472 e. The van der Waals surface area contributed by atoms with Gasteiger partial charge in [-0.1, -0.05) is 6.58 Å². The summed E-state index contributed by atoms with van der Waals surface area (Å²) in [6.07, 6.45) is 0.884. The van der Waals surface area contributed by atoms with Crippen LogP contribution in [-0.2, 0) is 9.57 Å². The van der Waals surface area contributed by atoms with Crippen molar-refractivity contribution in [2.24, 2.45) is 5.90 Å². The zero-order valence-electron chi connectivity index (χ0n) is 4.26. The van der Waals surface area contributed by atoms with E-state index < -0.39 is 6.29 Å². The summed E-state index contributed by atoms with van der Waals surface area (Å²) in [5.74, 6) is 4.69. The molecule has 0 aromatic rings. The van der Waals surface area contributed by atoms with E-state index in [9.17, 15) is 0 Å². The highest BCUT2D eigenvalue weighted by atomic mass is 16.7. The molecule has 0 aliphatic carbocycles. The first kappa shape index (κ1) is 6.46. The average molecular weight is 103 g/mol. The van der Waals surface area contributed by atoms with Gasteiger partial charge in [-0.05, 0) is 6.92 Å². The lowest BCUT2D eigenvalue weighted by molar-refractivity contribution is -0.0948. The van der Waals surface area contributed by atoms with Crippen LogP contribution in [0.25, 0.3) is 0 Å². The zero-order chi connectivity index (χ0) is 5.70. The van der Waals surface area contributed by atoms with E-state index >= 15 is 0 Å². The second-order valence-electron chi connectivity index (χ2n) is 1.01. The van der Waals surface area contributed by atoms with Crippen LogP contribution in [0.5, 0.6) is 0 Å². The van der Waals surface area contributed by atoms with E-state index in [2.05, 4.69) is 22.1 Å². The van der Waals surface area contributed by atoms with Crippen molar-refractivity contribution in [1.29, 1.82) is 0 Å². The van der Waals surface area contributed by atoms with Crippen molar-refractivity contribution in [3.8, 4) is 0 Å². The lowest BCUT2D eigenvalue weighted by Gasteiger charge is -2.04. The molecule has 0 aliphatic heterocycles. The average Bonchev–Trinajstić information content (AvgIpc) is 1.68. The Bertz CT molecular complexity index is 55.7. The van der Waals surface area contributed by atoms with Crippen LogP contribution in [0.1, 0.15) is 6.92 Å². The van der Waals surface area contributed by atoms with Crippen LogP contribution < -0.4 is 5.90 Å². The Morgan fingerprint density at radius 2 is 2.43 bits per heavy atom. The summed E-state index contributed by atoms with van der Waals surface area (Å²) in [7, 11) is 0. The maximum Gasteiger partial charge on any atom is 0.213 e. The molecule has 0 saturated carbocycles. The van der Waals surface area contributed by atoms with Gasteiger partial charge in [-0.15, -0.1) is 0 Å². The lowest BCUT2D eigenvalue weighted by atomic mass is 10.8. The van der Waals surface area contributed by atoms with Crippen molar-refractivity contribution in [3.63, 3.8) is 0 Å². The van der Waals surface area contributed by atoms with Crippen molar-refractivity contribution in [2.75, 3.05) is 0 Å². The van der Waals surface area contributed by atoms with Crippen LogP contribution in [0.3, 0.4) is 0 Å². The minimum atomic E-state index is -0.391. The molecular formula is C4H9NO2. The van der Waals surface area contributed by atoms with E-state index in [1.54, 1.807) is 6.92 Å². The van der Waals surface area contributed by atoms with Gasteiger partial charge in [0.1, 0.15) is 0 Å². The van der Waals surface area contributed by atoms with Gasteiger partial charge < -0.3 is 4.74 Å². The fraction of sp³-hybridized carbons (Fsp3) is 0.500. The molecule has 7 heavy (non-hydrogen) atoms. The summed E-state index contributed by atoms with van der Waals surface area (Å²) in [5.41, 5.74) is 0. The minimum Gasteiger partial charge on any atom is -0.472 e. The molecule has 2 N–H and O–H groups in total. The first-order chi connectivity index (χ1) is 3.31. The fourth-order valence-electron chi connectivity index (χ4n) is 0.168. The van der Waals surface area contributed by atoms with E-state index in [1.807, 2.05) is 0 Å². The van der Waals surface area contributed by atoms with Crippen molar-refractivity contribution >= 4 is 0 Å². The summed E-state index contributed by atoms with van der Waals surface area (Å²) in [5, 5.41) is 0. The molecule has 1 atom stereocenters. The molecule has 42 valence electrons. The molecule has 0 spiro atoms. The number of hydrogen-bond donors (Lipinski definition) is 1. The highest BCUT2D eigenvalue weighted by Crippen LogP contribution is 1.85. The van der Waals surface area contributed by atoms with Gasteiger partial charge in [0.2, 0.25) is 6.29 Å². The van der Waals surface area contributed by atoms with Crippen LogP contribution in [0.4, 0.5) is 0 Å². The quantitative estimate of drug-likeness (QED) is 0.319. The number of hydrogen-bond acceptors (Lipinski definition) is 3. The molecule has 0 saturated heterocycles. The standard InChI is InChI=1S/C4H9NO2/c1-3-6-4(2)7-5/h3-4H,1,5H2,2H3. The van der Waals surface area contributed by atoms with Gasteiger partial charge in [0, 0.05) is 0 Å². The van der Waals surface area contributed by atoms with E-state index in [4.69, 9.17) is 0 Å². The molecule has 0 aromatic carbocycles. The Morgan fingerprint density at radius 3 is 2.57 bits per heavy atom. The van der Waals surface area contributed by atoms with Crippen LogP contribution in [-0.4, -0.2) is 6.29 Å². The second-order valence-corrected chi connectivity index (χ2v) is 1.01. The maximum absolute atomic E-state index is 4.69. The fourth-order valence-corrected chi connectivity index (χ4v) is 0.168. The normalized spacial score (nSPS) is 12.9. The molecule has 0 heterocycles. The Hall–Kier alpha value is -0.540. The summed E-state index contributed by atoms with van der Waals surface area (Å²) >= 11 is 0. The van der Waals surface area contributed by atoms with Crippen molar-refractivity contribution in [1.82, 2.24) is 0 Å². The monoisotopic (exact) mass is 103 g/mol. The Morgan fingerprint density at radius 1 is 1.86 bits per heavy atom. The molecule has 0 bridgehead atoms. The van der Waals surface area contributed by atoms with Gasteiger partial charge in [0.15, 0.2) is 0 Å². The molecular weight excluding hydrogens is 94.0 g/mol. The first-order valence-corrected chi connectivity index (χ1v) is 1.93. The third-order valence-electron chi connectivity index (χ3n) is 0.480. The molecule has 0 aromatic heterocycles.